The minimum atomic E-state index is -2.04. The van der Waals surface area contributed by atoms with Crippen LogP contribution < -0.4 is 5.19 Å². The second-order valence-electron chi connectivity index (χ2n) is 9.64. The molecule has 3 fully saturated rings. The van der Waals surface area contributed by atoms with Gasteiger partial charge in [0.25, 0.3) is 8.32 Å². The summed E-state index contributed by atoms with van der Waals surface area (Å²) < 4.78 is 18.2. The molecule has 3 saturated heterocycles. The molecule has 30 heavy (non-hydrogen) atoms. The lowest BCUT2D eigenvalue weighted by atomic mass is 10.2. The van der Waals surface area contributed by atoms with Crippen molar-refractivity contribution in [3.8, 4) is 0 Å². The summed E-state index contributed by atoms with van der Waals surface area (Å²) in [5.41, 5.74) is 1.37. The van der Waals surface area contributed by atoms with Gasteiger partial charge in [-0.2, -0.15) is 0 Å². The Hall–Kier alpha value is -0.509. The summed E-state index contributed by atoms with van der Waals surface area (Å²) in [5.74, 6) is 0. The first kappa shape index (κ1) is 24.1. The van der Waals surface area contributed by atoms with E-state index in [4.69, 9.17) is 13.3 Å². The zero-order chi connectivity index (χ0) is 21.5. The summed E-state index contributed by atoms with van der Waals surface area (Å²) in [6.45, 7) is 14.3. The van der Waals surface area contributed by atoms with Gasteiger partial charge < -0.3 is 13.3 Å². The molecular formula is C24H41O3Si3. The summed E-state index contributed by atoms with van der Waals surface area (Å²) in [7, 11) is -3.83. The summed E-state index contributed by atoms with van der Waals surface area (Å²) in [5, 5.41) is 2.84. The molecule has 4 rings (SSSR count). The molecule has 167 valence electrons. The molecule has 0 N–H and O–H groups in total. The first-order valence-electron chi connectivity index (χ1n) is 11.9. The lowest BCUT2D eigenvalue weighted by molar-refractivity contribution is 0.275. The Morgan fingerprint density at radius 3 is 2.17 bits per heavy atom. The van der Waals surface area contributed by atoms with Gasteiger partial charge in [0, 0.05) is 19.8 Å². The van der Waals surface area contributed by atoms with Crippen molar-refractivity contribution in [2.75, 3.05) is 19.8 Å². The maximum Gasteiger partial charge on any atom is 0.251 e. The molecule has 1 aromatic carbocycles. The largest absolute Gasteiger partial charge is 0.417 e. The lowest BCUT2D eigenvalue weighted by Gasteiger charge is -2.39. The molecule has 3 nitrogen and oxygen atoms in total. The van der Waals surface area contributed by atoms with Crippen LogP contribution in [0.5, 0.6) is 0 Å². The van der Waals surface area contributed by atoms with Crippen molar-refractivity contribution in [3.63, 3.8) is 0 Å². The Balaban J connectivity index is 0.000000269. The molecule has 0 saturated carbocycles. The number of rotatable bonds is 4. The molecule has 3 heterocycles. The van der Waals surface area contributed by atoms with E-state index < -0.39 is 25.7 Å². The fraction of sp³-hybridized carbons (Fsp3) is 0.667. The van der Waals surface area contributed by atoms with Crippen molar-refractivity contribution in [2.24, 2.45) is 0 Å². The molecule has 0 aliphatic carbocycles. The summed E-state index contributed by atoms with van der Waals surface area (Å²) in [6.07, 6.45) is 7.74. The van der Waals surface area contributed by atoms with E-state index in [1.54, 1.807) is 0 Å². The third kappa shape index (κ3) is 6.50. The summed E-state index contributed by atoms with van der Waals surface area (Å²) in [6, 6.07) is 13.7. The van der Waals surface area contributed by atoms with E-state index in [-0.39, 0.29) is 0 Å². The predicted molar refractivity (Wildman–Crippen MR) is 134 cm³/mol. The molecule has 0 aromatic heterocycles. The zero-order valence-electron chi connectivity index (χ0n) is 19.4. The Morgan fingerprint density at radius 1 is 0.933 bits per heavy atom. The van der Waals surface area contributed by atoms with Gasteiger partial charge in [-0.25, -0.2) is 0 Å². The Morgan fingerprint density at radius 2 is 1.63 bits per heavy atom. The van der Waals surface area contributed by atoms with Crippen molar-refractivity contribution < 1.29 is 13.3 Å². The van der Waals surface area contributed by atoms with Gasteiger partial charge in [-0.05, 0) is 74.2 Å². The predicted octanol–water partition coefficient (Wildman–Crippen LogP) is 5.86. The third-order valence-corrected chi connectivity index (χ3v) is 16.4. The van der Waals surface area contributed by atoms with Crippen LogP contribution in [0.4, 0.5) is 0 Å². The van der Waals surface area contributed by atoms with Crippen LogP contribution in [-0.2, 0) is 13.3 Å². The van der Waals surface area contributed by atoms with Gasteiger partial charge in [0.1, 0.15) is 0 Å². The number of allylic oxidation sites excluding steroid dienone is 1. The summed E-state index contributed by atoms with van der Waals surface area (Å²) in [4.78, 5) is 0. The molecule has 3 aliphatic heterocycles. The molecule has 1 unspecified atom stereocenters. The van der Waals surface area contributed by atoms with Crippen molar-refractivity contribution in [1.29, 1.82) is 0 Å². The first-order valence-corrected chi connectivity index (χ1v) is 19.0. The molecular weight excluding hydrogens is 421 g/mol. The van der Waals surface area contributed by atoms with Crippen molar-refractivity contribution in [3.05, 3.63) is 41.6 Å². The second-order valence-corrected chi connectivity index (χ2v) is 19.9. The fourth-order valence-corrected chi connectivity index (χ4v) is 14.3. The monoisotopic (exact) mass is 461 g/mol. The minimum Gasteiger partial charge on any atom is -0.417 e. The molecule has 0 bridgehead atoms. The van der Waals surface area contributed by atoms with Crippen LogP contribution in [0.1, 0.15) is 44.1 Å². The Kier molecular flexibility index (Phi) is 9.16. The van der Waals surface area contributed by atoms with E-state index in [1.807, 2.05) is 0 Å². The number of aryl methyl sites for hydroxylation is 1. The van der Waals surface area contributed by atoms with Crippen molar-refractivity contribution >= 4 is 30.9 Å². The Bertz CT molecular complexity index is 672. The second kappa shape index (κ2) is 11.4. The van der Waals surface area contributed by atoms with Gasteiger partial charge in [0.2, 0.25) is 9.04 Å². The molecule has 1 radical (unpaired) electrons. The zero-order valence-corrected chi connectivity index (χ0v) is 22.4. The topological polar surface area (TPSA) is 27.7 Å². The average Bonchev–Trinajstić information content (AvgIpc) is 2.75. The highest BCUT2D eigenvalue weighted by Gasteiger charge is 2.43. The fourth-order valence-electron chi connectivity index (χ4n) is 4.81. The highest BCUT2D eigenvalue weighted by Crippen LogP contribution is 2.32. The quantitative estimate of drug-likeness (QED) is 0.526. The van der Waals surface area contributed by atoms with E-state index in [0.29, 0.717) is 0 Å². The molecule has 3 aliphatic rings. The van der Waals surface area contributed by atoms with Crippen LogP contribution in [0.3, 0.4) is 0 Å². The molecule has 0 amide bonds. The normalized spacial score (nSPS) is 27.0. The van der Waals surface area contributed by atoms with Crippen LogP contribution in [0.15, 0.2) is 36.0 Å². The molecule has 1 atom stereocenters. The van der Waals surface area contributed by atoms with E-state index >= 15 is 0 Å². The number of hydrogen-bond donors (Lipinski definition) is 0. The number of hydrogen-bond acceptors (Lipinski definition) is 3. The maximum atomic E-state index is 6.54. The van der Waals surface area contributed by atoms with Gasteiger partial charge in [0.15, 0.2) is 8.32 Å². The lowest BCUT2D eigenvalue weighted by Crippen LogP contribution is -2.56. The highest BCUT2D eigenvalue weighted by atomic mass is 28.4. The molecule has 6 heteroatoms. The van der Waals surface area contributed by atoms with Gasteiger partial charge in [-0.1, -0.05) is 48.7 Å². The summed E-state index contributed by atoms with van der Waals surface area (Å²) >= 11 is 0. The van der Waals surface area contributed by atoms with Crippen LogP contribution in [0, 0.1) is 6.92 Å². The van der Waals surface area contributed by atoms with Crippen LogP contribution >= 0.6 is 0 Å². The maximum absolute atomic E-state index is 6.54. The Labute approximate surface area is 188 Å². The van der Waals surface area contributed by atoms with Crippen molar-refractivity contribution in [2.45, 2.75) is 82.7 Å². The number of benzene rings is 1. The van der Waals surface area contributed by atoms with Crippen LogP contribution in [-0.4, -0.2) is 45.5 Å². The van der Waals surface area contributed by atoms with Gasteiger partial charge >= 0.3 is 0 Å². The third-order valence-electron chi connectivity index (χ3n) is 6.66. The van der Waals surface area contributed by atoms with Crippen LogP contribution in [0.25, 0.3) is 0 Å². The molecule has 0 spiro atoms. The standard InChI is InChI=1S/C18H27O2Si2.C6H14OSi/c1-16-9-3-4-10-18(16)22(14-8-6-12-20-22)17(2)15-21-13-7-5-11-19-21;1-8(2)6-4-3-5-7-8/h3-4,9-10H,2,5-8,11-15H2,1H3;3-6H2,1-2H3. The van der Waals surface area contributed by atoms with E-state index in [0.717, 1.165) is 25.9 Å². The van der Waals surface area contributed by atoms with Crippen molar-refractivity contribution in [1.82, 2.24) is 0 Å². The first-order chi connectivity index (χ1) is 14.4. The smallest absolute Gasteiger partial charge is 0.251 e. The van der Waals surface area contributed by atoms with E-state index in [9.17, 15) is 0 Å². The van der Waals surface area contributed by atoms with Gasteiger partial charge in [-0.3, -0.25) is 0 Å². The van der Waals surface area contributed by atoms with Gasteiger partial charge in [0.05, 0.1) is 0 Å². The van der Waals surface area contributed by atoms with E-state index in [2.05, 4.69) is 50.9 Å². The van der Waals surface area contributed by atoms with E-state index in [1.165, 1.54) is 72.6 Å². The highest BCUT2D eigenvalue weighted by molar-refractivity contribution is 6.93. The molecule has 1 aromatic rings. The minimum absolute atomic E-state index is 0.698. The van der Waals surface area contributed by atoms with Gasteiger partial charge in [-0.15, -0.1) is 6.58 Å². The van der Waals surface area contributed by atoms with Crippen LogP contribution in [0.2, 0.25) is 37.3 Å². The SMILES string of the molecule is C=C(C[Si]1CCCCO1)[Si]1(c2ccccc2C)CCCCO1.C[Si]1(C)CCCCO1. The average molecular weight is 462 g/mol.